The molecule has 5 rings (SSSR count). The highest BCUT2D eigenvalue weighted by Crippen LogP contribution is 2.28. The lowest BCUT2D eigenvalue weighted by Gasteiger charge is -2.32. The van der Waals surface area contributed by atoms with Crippen molar-refractivity contribution >= 4 is 52.4 Å². The Balaban J connectivity index is 1.35. The molecule has 2 fully saturated rings. The molecule has 0 spiro atoms. The van der Waals surface area contributed by atoms with Gasteiger partial charge in [-0.15, -0.1) is 0 Å². The number of aliphatic imine (C=N–C) groups is 1. The van der Waals surface area contributed by atoms with Crippen LogP contribution in [0.1, 0.15) is 94.6 Å². The number of amides is 5. The zero-order chi connectivity index (χ0) is 46.7. The lowest BCUT2D eigenvalue weighted by Crippen LogP contribution is -2.59. The number of nitrogens with zero attached hydrogens (tertiary/aromatic N) is 2. The number of aliphatic carboxylic acids is 1. The Bertz CT molecular complexity index is 2070. The number of aromatic nitrogens is 1. The number of para-hydroxylation sites is 1. The maximum absolute atomic E-state index is 14.6. The molecular formula is C47H69N11O7. The summed E-state index contributed by atoms with van der Waals surface area (Å²) in [6.07, 6.45) is 10.1. The molecule has 1 aromatic heterocycles. The van der Waals surface area contributed by atoms with Crippen LogP contribution in [0.2, 0.25) is 0 Å². The molecule has 6 atom stereocenters. The molecule has 0 radical (unpaired) electrons. The minimum absolute atomic E-state index is 0.0218. The molecule has 18 nitrogen and oxygen atoms in total. The highest BCUT2D eigenvalue weighted by Gasteiger charge is 2.40. The van der Waals surface area contributed by atoms with Crippen molar-refractivity contribution in [3.63, 3.8) is 0 Å². The third kappa shape index (κ3) is 15.0. The lowest BCUT2D eigenvalue weighted by atomic mass is 9.84. The van der Waals surface area contributed by atoms with Crippen molar-refractivity contribution in [3.8, 4) is 0 Å². The van der Waals surface area contributed by atoms with Gasteiger partial charge in [-0.1, -0.05) is 80.6 Å². The van der Waals surface area contributed by atoms with E-state index in [9.17, 15) is 33.9 Å². The molecule has 3 aromatic rings. The smallest absolute Gasteiger partial charge is 0.326 e. The van der Waals surface area contributed by atoms with Crippen molar-refractivity contribution < 1.29 is 33.9 Å². The highest BCUT2D eigenvalue weighted by atomic mass is 16.4. The second-order valence-corrected chi connectivity index (χ2v) is 17.3. The fraction of sp³-hybridized carbons (Fsp3) is 0.553. The van der Waals surface area contributed by atoms with Crippen LogP contribution in [0.4, 0.5) is 0 Å². The Morgan fingerprint density at radius 3 is 2.12 bits per heavy atom. The van der Waals surface area contributed by atoms with Gasteiger partial charge in [-0.05, 0) is 94.5 Å². The first-order valence-corrected chi connectivity index (χ1v) is 23.1. The zero-order valence-corrected chi connectivity index (χ0v) is 37.6. The van der Waals surface area contributed by atoms with Gasteiger partial charge in [0.2, 0.25) is 29.5 Å². The molecule has 0 unspecified atom stereocenters. The number of H-pyrrole nitrogens is 1. The summed E-state index contributed by atoms with van der Waals surface area (Å²) in [5.41, 5.74) is 19.2. The topological polar surface area (TPSA) is 292 Å². The van der Waals surface area contributed by atoms with Crippen molar-refractivity contribution in [3.05, 3.63) is 71.9 Å². The van der Waals surface area contributed by atoms with E-state index >= 15 is 0 Å². The predicted molar refractivity (Wildman–Crippen MR) is 249 cm³/mol. The number of carbonyl (C=O) groups is 6. The third-order valence-corrected chi connectivity index (χ3v) is 12.6. The molecule has 2 aromatic carbocycles. The van der Waals surface area contributed by atoms with Gasteiger partial charge in [-0.2, -0.15) is 0 Å². The Morgan fingerprint density at radius 2 is 1.42 bits per heavy atom. The number of nitrogens with two attached hydrogens (primary N) is 3. The van der Waals surface area contributed by atoms with Gasteiger partial charge in [0.1, 0.15) is 30.2 Å². The Hall–Kier alpha value is -6.01. The van der Waals surface area contributed by atoms with Crippen LogP contribution in [-0.4, -0.2) is 119 Å². The largest absolute Gasteiger partial charge is 0.480 e. The summed E-state index contributed by atoms with van der Waals surface area (Å²) in [5, 5.41) is 25.4. The molecule has 2 heterocycles. The molecule has 0 bridgehead atoms. The van der Waals surface area contributed by atoms with E-state index in [-0.39, 0.29) is 49.5 Å². The zero-order valence-electron chi connectivity index (χ0n) is 37.6. The number of unbranched alkanes of at least 4 members (excludes halogenated alkanes) is 1. The van der Waals surface area contributed by atoms with Crippen molar-refractivity contribution in [2.75, 3.05) is 26.7 Å². The summed E-state index contributed by atoms with van der Waals surface area (Å²) >= 11 is 0. The molecule has 65 heavy (non-hydrogen) atoms. The maximum atomic E-state index is 14.6. The number of benzene rings is 2. The minimum Gasteiger partial charge on any atom is -0.480 e. The number of nitrogens with one attached hydrogen (secondary N) is 6. The molecule has 1 aliphatic heterocycles. The summed E-state index contributed by atoms with van der Waals surface area (Å²) in [7, 11) is 1.70. The summed E-state index contributed by atoms with van der Waals surface area (Å²) < 4.78 is 0. The van der Waals surface area contributed by atoms with Gasteiger partial charge in [-0.25, -0.2) is 4.79 Å². The second kappa shape index (κ2) is 25.5. The number of carboxylic acids is 1. The first kappa shape index (κ1) is 50.0. The van der Waals surface area contributed by atoms with Gasteiger partial charge < -0.3 is 58.8 Å². The number of rotatable bonds is 25. The third-order valence-electron chi connectivity index (χ3n) is 12.6. The van der Waals surface area contributed by atoms with Crippen molar-refractivity contribution in [1.29, 1.82) is 0 Å². The second-order valence-electron chi connectivity index (χ2n) is 17.3. The molecule has 13 N–H and O–H groups in total. The van der Waals surface area contributed by atoms with Crippen LogP contribution < -0.4 is 43.8 Å². The Morgan fingerprint density at radius 1 is 0.754 bits per heavy atom. The van der Waals surface area contributed by atoms with Gasteiger partial charge in [0.05, 0.1) is 6.04 Å². The summed E-state index contributed by atoms with van der Waals surface area (Å²) in [6, 6.07) is 11.1. The van der Waals surface area contributed by atoms with Crippen LogP contribution in [0.5, 0.6) is 0 Å². The van der Waals surface area contributed by atoms with Crippen LogP contribution in [-0.2, 0) is 41.6 Å². The predicted octanol–water partition coefficient (Wildman–Crippen LogP) is 1.71. The van der Waals surface area contributed by atoms with Crippen LogP contribution in [0, 0.1) is 5.92 Å². The molecule has 1 aliphatic carbocycles. The number of carbonyl (C=O) groups excluding carboxylic acids is 5. The van der Waals surface area contributed by atoms with Gasteiger partial charge in [0, 0.05) is 36.6 Å². The van der Waals surface area contributed by atoms with E-state index in [1.807, 2.05) is 54.6 Å². The summed E-state index contributed by atoms with van der Waals surface area (Å²) in [5.74, 6) is -3.77. The Kier molecular flexibility index (Phi) is 19.6. The molecule has 1 saturated carbocycles. The molecular weight excluding hydrogens is 831 g/mol. The van der Waals surface area contributed by atoms with Crippen LogP contribution in [0.25, 0.3) is 10.9 Å². The van der Waals surface area contributed by atoms with Gasteiger partial charge in [0.25, 0.3) is 0 Å². The average molecular weight is 900 g/mol. The number of likely N-dealkylation sites (N-methyl/N-ethyl adjacent to an activating group) is 1. The van der Waals surface area contributed by atoms with Crippen LogP contribution in [0.15, 0.2) is 65.8 Å². The molecule has 354 valence electrons. The van der Waals surface area contributed by atoms with Gasteiger partial charge in [0.15, 0.2) is 5.96 Å². The highest BCUT2D eigenvalue weighted by molar-refractivity contribution is 5.97. The number of hydrogen-bond donors (Lipinski definition) is 10. The first-order chi connectivity index (χ1) is 31.4. The number of hydrogen-bond acceptors (Lipinski definition) is 9. The number of likely N-dealkylation sites (tertiary alicyclic amines) is 1. The van der Waals surface area contributed by atoms with Gasteiger partial charge >= 0.3 is 5.97 Å². The summed E-state index contributed by atoms with van der Waals surface area (Å²) in [6.45, 7) is 0.883. The fourth-order valence-corrected chi connectivity index (χ4v) is 8.99. The summed E-state index contributed by atoms with van der Waals surface area (Å²) in [4.78, 5) is 92.1. The van der Waals surface area contributed by atoms with E-state index in [4.69, 9.17) is 17.2 Å². The normalized spacial score (nSPS) is 17.6. The number of aromatic amines is 1. The Labute approximate surface area is 381 Å². The fourth-order valence-electron chi connectivity index (χ4n) is 8.99. The van der Waals surface area contributed by atoms with Crippen LogP contribution in [0.3, 0.4) is 0 Å². The van der Waals surface area contributed by atoms with Crippen LogP contribution >= 0.6 is 0 Å². The lowest BCUT2D eigenvalue weighted by molar-refractivity contribution is -0.143. The monoisotopic (exact) mass is 900 g/mol. The number of carboxylic acid groups (broad SMARTS) is 1. The van der Waals surface area contributed by atoms with E-state index in [2.05, 4.69) is 36.6 Å². The quantitative estimate of drug-likeness (QED) is 0.0332. The van der Waals surface area contributed by atoms with Crippen molar-refractivity contribution in [2.24, 2.45) is 28.1 Å². The SMILES string of the molecule is CN[C@@H](Cc1ccccc1)C(=O)N[C@@H](CCCCN)C(=O)N1CCC[C@H]1C(=O)N[C@H](CC1CCCCC1)C(=O)N[C@@H](Cc1c[nH]c2ccccc12)C(=O)N[C@H](CCCN=C(N)N)C(=O)O. The van der Waals surface area contributed by atoms with Crippen molar-refractivity contribution in [2.45, 2.75) is 133 Å². The molecule has 5 amide bonds. The first-order valence-electron chi connectivity index (χ1n) is 23.1. The minimum atomic E-state index is -1.29. The number of guanidine groups is 1. The average Bonchev–Trinajstić information content (AvgIpc) is 3.97. The maximum Gasteiger partial charge on any atom is 0.326 e. The molecule has 1 saturated heterocycles. The standard InChI is InChI=1S/C47H69N11O7/c1-51-37(26-30-14-4-2-5-15-30)41(59)54-35(20-10-11-23-48)45(63)58-25-13-22-40(58)44(62)57-38(27-31-16-6-3-7-17-31)42(60)56-39(28-32-29-53-34-19-9-8-18-33(32)34)43(61)55-36(46(64)65)21-12-24-52-47(49)50/h2,4-5,8-9,14-15,18-19,29,31,35-40,51,53H,3,6-7,10-13,16-17,20-28,48H2,1H3,(H,54,59)(H,55,61)(H,56,60)(H,57,62)(H,64,65)(H4,49,50,52)/t35-,36+,37-,38+,39-,40-/m0/s1. The van der Waals surface area contributed by atoms with Gasteiger partial charge in [-0.3, -0.25) is 29.0 Å². The van der Waals surface area contributed by atoms with E-state index in [0.29, 0.717) is 58.0 Å². The van der Waals surface area contributed by atoms with E-state index in [0.717, 1.165) is 54.1 Å². The van der Waals surface area contributed by atoms with E-state index in [1.54, 1.807) is 13.2 Å². The van der Waals surface area contributed by atoms with E-state index < -0.39 is 59.9 Å². The number of fused-ring (bicyclic) bond motifs is 1. The van der Waals surface area contributed by atoms with Crippen molar-refractivity contribution in [1.82, 2.24) is 36.5 Å². The molecule has 18 heteroatoms. The molecule has 2 aliphatic rings. The van der Waals surface area contributed by atoms with E-state index in [1.165, 1.54) is 4.90 Å².